The molecule has 0 saturated carbocycles. The van der Waals surface area contributed by atoms with Crippen molar-refractivity contribution in [3.05, 3.63) is 70.1 Å². The summed E-state index contributed by atoms with van der Waals surface area (Å²) in [6, 6.07) is 9.44. The third-order valence-electron chi connectivity index (χ3n) is 4.10. The SMILES string of the molecule is O=C(O)CCCc1cc2cccnc2n(-c2cccc(C(F)(F)F)c2)c1=O. The highest BCUT2D eigenvalue weighted by Gasteiger charge is 2.30. The van der Waals surface area contributed by atoms with E-state index in [1.54, 1.807) is 18.2 Å². The zero-order valence-electron chi connectivity index (χ0n) is 14.0. The van der Waals surface area contributed by atoms with Gasteiger partial charge in [-0.2, -0.15) is 13.2 Å². The highest BCUT2D eigenvalue weighted by atomic mass is 19.4. The molecule has 2 aromatic heterocycles. The summed E-state index contributed by atoms with van der Waals surface area (Å²) in [7, 11) is 0. The van der Waals surface area contributed by atoms with E-state index in [9.17, 15) is 22.8 Å². The van der Waals surface area contributed by atoms with Crippen LogP contribution in [0.25, 0.3) is 16.7 Å². The first-order chi connectivity index (χ1) is 12.8. The van der Waals surface area contributed by atoms with Crippen molar-refractivity contribution in [2.45, 2.75) is 25.4 Å². The molecule has 0 fully saturated rings. The first-order valence-electron chi connectivity index (χ1n) is 8.16. The molecule has 0 spiro atoms. The average molecular weight is 376 g/mol. The minimum absolute atomic E-state index is 0.0543. The van der Waals surface area contributed by atoms with E-state index >= 15 is 0 Å². The van der Waals surface area contributed by atoms with Gasteiger partial charge in [-0.15, -0.1) is 0 Å². The zero-order valence-corrected chi connectivity index (χ0v) is 14.0. The fraction of sp³-hybridized carbons (Fsp3) is 0.211. The summed E-state index contributed by atoms with van der Waals surface area (Å²) in [5.41, 5.74) is -0.755. The molecule has 3 rings (SSSR count). The van der Waals surface area contributed by atoms with Gasteiger partial charge in [0.25, 0.3) is 5.56 Å². The third kappa shape index (κ3) is 3.99. The molecule has 0 radical (unpaired) electrons. The number of benzene rings is 1. The van der Waals surface area contributed by atoms with Crippen LogP contribution in [0.3, 0.4) is 0 Å². The van der Waals surface area contributed by atoms with Gasteiger partial charge in [0, 0.05) is 23.6 Å². The van der Waals surface area contributed by atoms with E-state index in [1.807, 2.05) is 0 Å². The predicted molar refractivity (Wildman–Crippen MR) is 92.9 cm³/mol. The van der Waals surface area contributed by atoms with Gasteiger partial charge in [0.15, 0.2) is 0 Å². The normalized spacial score (nSPS) is 11.7. The Morgan fingerprint density at radius 2 is 1.93 bits per heavy atom. The molecule has 0 bridgehead atoms. The van der Waals surface area contributed by atoms with Crippen LogP contribution in [0.1, 0.15) is 24.0 Å². The maximum Gasteiger partial charge on any atom is 0.416 e. The van der Waals surface area contributed by atoms with Gasteiger partial charge < -0.3 is 5.11 Å². The number of halogens is 3. The van der Waals surface area contributed by atoms with E-state index < -0.39 is 23.3 Å². The lowest BCUT2D eigenvalue weighted by atomic mass is 10.1. The van der Waals surface area contributed by atoms with E-state index in [1.165, 1.54) is 18.3 Å². The van der Waals surface area contributed by atoms with Gasteiger partial charge in [0.05, 0.1) is 11.3 Å². The van der Waals surface area contributed by atoms with Crippen LogP contribution >= 0.6 is 0 Å². The molecular formula is C19H15F3N2O3. The van der Waals surface area contributed by atoms with Crippen molar-refractivity contribution >= 4 is 17.0 Å². The maximum absolute atomic E-state index is 13.1. The van der Waals surface area contributed by atoms with Gasteiger partial charge in [0.1, 0.15) is 5.65 Å². The van der Waals surface area contributed by atoms with Crippen LogP contribution in [0.4, 0.5) is 13.2 Å². The number of carbonyl (C=O) groups is 1. The summed E-state index contributed by atoms with van der Waals surface area (Å²) in [5.74, 6) is -0.976. The van der Waals surface area contributed by atoms with Gasteiger partial charge in [-0.05, 0) is 49.2 Å². The van der Waals surface area contributed by atoms with Gasteiger partial charge in [-0.3, -0.25) is 14.2 Å². The monoisotopic (exact) mass is 376 g/mol. The van der Waals surface area contributed by atoms with Crippen molar-refractivity contribution in [2.24, 2.45) is 0 Å². The highest BCUT2D eigenvalue weighted by molar-refractivity contribution is 5.77. The quantitative estimate of drug-likeness (QED) is 0.735. The molecule has 0 unspecified atom stereocenters. The van der Waals surface area contributed by atoms with Crippen LogP contribution in [0.2, 0.25) is 0 Å². The minimum atomic E-state index is -4.54. The topological polar surface area (TPSA) is 72.2 Å². The first-order valence-corrected chi connectivity index (χ1v) is 8.16. The number of aromatic nitrogens is 2. The smallest absolute Gasteiger partial charge is 0.416 e. The van der Waals surface area contributed by atoms with Gasteiger partial charge >= 0.3 is 12.1 Å². The van der Waals surface area contributed by atoms with E-state index in [-0.39, 0.29) is 30.6 Å². The molecule has 0 atom stereocenters. The van der Waals surface area contributed by atoms with Crippen LogP contribution in [0.15, 0.2) is 53.5 Å². The van der Waals surface area contributed by atoms with E-state index in [4.69, 9.17) is 5.11 Å². The molecule has 1 N–H and O–H groups in total. The first kappa shape index (κ1) is 18.6. The second kappa shape index (κ2) is 7.22. The molecular weight excluding hydrogens is 361 g/mol. The van der Waals surface area contributed by atoms with Crippen LogP contribution < -0.4 is 5.56 Å². The lowest BCUT2D eigenvalue weighted by molar-refractivity contribution is -0.138. The third-order valence-corrected chi connectivity index (χ3v) is 4.10. The second-order valence-corrected chi connectivity index (χ2v) is 6.02. The number of carboxylic acids is 1. The minimum Gasteiger partial charge on any atom is -0.481 e. The molecule has 0 amide bonds. The molecule has 1 aromatic carbocycles. The van der Waals surface area contributed by atoms with Crippen LogP contribution in [-0.4, -0.2) is 20.6 Å². The summed E-state index contributed by atoms with van der Waals surface area (Å²) in [5, 5.41) is 9.36. The number of hydrogen-bond acceptors (Lipinski definition) is 3. The van der Waals surface area contributed by atoms with E-state index in [2.05, 4.69) is 4.98 Å². The second-order valence-electron chi connectivity index (χ2n) is 6.02. The Morgan fingerprint density at radius 1 is 1.15 bits per heavy atom. The molecule has 0 aliphatic carbocycles. The van der Waals surface area contributed by atoms with Crippen molar-refractivity contribution in [1.29, 1.82) is 0 Å². The number of nitrogens with zero attached hydrogens (tertiary/aromatic N) is 2. The maximum atomic E-state index is 13.1. The van der Waals surface area contributed by atoms with E-state index in [0.717, 1.165) is 16.7 Å². The zero-order chi connectivity index (χ0) is 19.6. The Hall–Kier alpha value is -3.16. The van der Waals surface area contributed by atoms with Crippen molar-refractivity contribution < 1.29 is 23.1 Å². The van der Waals surface area contributed by atoms with Crippen molar-refractivity contribution in [3.63, 3.8) is 0 Å². The van der Waals surface area contributed by atoms with Gasteiger partial charge in [0.2, 0.25) is 0 Å². The lowest BCUT2D eigenvalue weighted by Crippen LogP contribution is -2.24. The van der Waals surface area contributed by atoms with Crippen LogP contribution in [-0.2, 0) is 17.4 Å². The molecule has 0 aliphatic rings. The molecule has 140 valence electrons. The molecule has 2 heterocycles. The van der Waals surface area contributed by atoms with Crippen LogP contribution in [0.5, 0.6) is 0 Å². The fourth-order valence-corrected chi connectivity index (χ4v) is 2.87. The Balaban J connectivity index is 2.18. The number of fused-ring (bicyclic) bond motifs is 1. The summed E-state index contributed by atoms with van der Waals surface area (Å²) in [6.45, 7) is 0. The largest absolute Gasteiger partial charge is 0.481 e. The number of alkyl halides is 3. The number of rotatable bonds is 5. The predicted octanol–water partition coefficient (Wildman–Crippen LogP) is 3.81. The number of carboxylic acid groups (broad SMARTS) is 1. The van der Waals surface area contributed by atoms with E-state index in [0.29, 0.717) is 10.9 Å². The molecule has 0 saturated heterocycles. The summed E-state index contributed by atoms with van der Waals surface area (Å²) in [6.07, 6.45) is -2.74. The van der Waals surface area contributed by atoms with Crippen LogP contribution in [0, 0.1) is 0 Å². The Labute approximate surface area is 151 Å². The van der Waals surface area contributed by atoms with Gasteiger partial charge in [-0.25, -0.2) is 4.98 Å². The number of hydrogen-bond donors (Lipinski definition) is 1. The standard InChI is InChI=1S/C19H15F3N2O3/c20-19(21,22)14-6-2-7-15(11-14)24-17-12(5-3-9-23-17)10-13(18(24)27)4-1-8-16(25)26/h2-3,5-7,9-11H,1,4,8H2,(H,25,26). The Bertz CT molecular complexity index is 1060. The molecule has 27 heavy (non-hydrogen) atoms. The van der Waals surface area contributed by atoms with Crippen molar-refractivity contribution in [2.75, 3.05) is 0 Å². The lowest BCUT2D eigenvalue weighted by Gasteiger charge is -2.14. The molecule has 5 nitrogen and oxygen atoms in total. The molecule has 8 heteroatoms. The highest BCUT2D eigenvalue weighted by Crippen LogP contribution is 2.30. The van der Waals surface area contributed by atoms with Crippen molar-refractivity contribution in [1.82, 2.24) is 9.55 Å². The fourth-order valence-electron chi connectivity index (χ4n) is 2.87. The Morgan fingerprint density at radius 3 is 2.63 bits per heavy atom. The number of pyridine rings is 2. The summed E-state index contributed by atoms with van der Waals surface area (Å²) in [4.78, 5) is 27.8. The average Bonchev–Trinajstić information content (AvgIpc) is 2.61. The number of aryl methyl sites for hydroxylation is 1. The molecule has 3 aromatic rings. The number of aliphatic carboxylic acids is 1. The summed E-state index contributed by atoms with van der Waals surface area (Å²) < 4.78 is 40.3. The van der Waals surface area contributed by atoms with Gasteiger partial charge in [-0.1, -0.05) is 6.07 Å². The molecule has 0 aliphatic heterocycles. The summed E-state index contributed by atoms with van der Waals surface area (Å²) >= 11 is 0. The Kier molecular flexibility index (Phi) is 4.98. The van der Waals surface area contributed by atoms with Crippen molar-refractivity contribution in [3.8, 4) is 5.69 Å².